The quantitative estimate of drug-likeness (QED) is 0.722. The molecule has 0 atom stereocenters. The third-order valence-electron chi connectivity index (χ3n) is 1.17. The van der Waals surface area contributed by atoms with E-state index in [2.05, 4.69) is 31.4 Å². The van der Waals surface area contributed by atoms with Crippen LogP contribution in [0.15, 0.2) is 12.4 Å². The molecule has 11 heavy (non-hydrogen) atoms. The van der Waals surface area contributed by atoms with Crippen molar-refractivity contribution in [1.82, 2.24) is 15.5 Å². The SMILES string of the molecule is O=C(CBr)NCc1cn[nH]c1. The van der Waals surface area contributed by atoms with E-state index in [4.69, 9.17) is 0 Å². The first kappa shape index (κ1) is 8.26. The van der Waals surface area contributed by atoms with E-state index < -0.39 is 0 Å². The summed E-state index contributed by atoms with van der Waals surface area (Å²) in [6, 6.07) is 0. The van der Waals surface area contributed by atoms with Gasteiger partial charge in [-0.3, -0.25) is 9.89 Å². The molecular formula is C6H8BrN3O. The molecule has 0 aliphatic heterocycles. The molecule has 0 radical (unpaired) electrons. The number of carbonyl (C=O) groups excluding carboxylic acids is 1. The van der Waals surface area contributed by atoms with E-state index in [0.717, 1.165) is 5.56 Å². The first-order chi connectivity index (χ1) is 5.33. The molecule has 0 bridgehead atoms. The highest BCUT2D eigenvalue weighted by atomic mass is 79.9. The van der Waals surface area contributed by atoms with Crippen molar-refractivity contribution in [2.75, 3.05) is 5.33 Å². The van der Waals surface area contributed by atoms with Crippen LogP contribution in [-0.4, -0.2) is 21.4 Å². The number of carbonyl (C=O) groups is 1. The Morgan fingerprint density at radius 2 is 2.64 bits per heavy atom. The summed E-state index contributed by atoms with van der Waals surface area (Å²) < 4.78 is 0. The normalized spacial score (nSPS) is 9.55. The van der Waals surface area contributed by atoms with E-state index in [1.54, 1.807) is 12.4 Å². The highest BCUT2D eigenvalue weighted by Gasteiger charge is 1.97. The molecule has 4 nitrogen and oxygen atoms in total. The molecule has 5 heteroatoms. The van der Waals surface area contributed by atoms with Gasteiger partial charge in [0.1, 0.15) is 0 Å². The zero-order valence-corrected chi connectivity index (χ0v) is 7.39. The molecule has 0 spiro atoms. The number of aromatic nitrogens is 2. The van der Waals surface area contributed by atoms with Crippen LogP contribution in [0.3, 0.4) is 0 Å². The van der Waals surface area contributed by atoms with Crippen LogP contribution in [0.1, 0.15) is 5.56 Å². The van der Waals surface area contributed by atoms with Crippen LogP contribution in [0.4, 0.5) is 0 Å². The third-order valence-corrected chi connectivity index (χ3v) is 1.68. The predicted octanol–water partition coefficient (Wildman–Crippen LogP) is 0.421. The Bertz CT molecular complexity index is 222. The Morgan fingerprint density at radius 3 is 3.18 bits per heavy atom. The molecular weight excluding hydrogens is 210 g/mol. The Labute approximate surface area is 72.5 Å². The van der Waals surface area contributed by atoms with Crippen molar-refractivity contribution in [1.29, 1.82) is 0 Å². The smallest absolute Gasteiger partial charge is 0.230 e. The molecule has 1 amide bonds. The lowest BCUT2D eigenvalue weighted by molar-refractivity contribution is -0.118. The Balaban J connectivity index is 2.29. The van der Waals surface area contributed by atoms with Gasteiger partial charge in [-0.1, -0.05) is 15.9 Å². The number of halogens is 1. The van der Waals surface area contributed by atoms with Crippen LogP contribution in [0.2, 0.25) is 0 Å². The summed E-state index contributed by atoms with van der Waals surface area (Å²) in [6.45, 7) is 0.529. The van der Waals surface area contributed by atoms with Gasteiger partial charge in [-0.15, -0.1) is 0 Å². The fraction of sp³-hybridized carbons (Fsp3) is 0.333. The standard InChI is InChI=1S/C6H8BrN3O/c7-1-6(11)8-2-5-3-9-10-4-5/h3-4H,1-2H2,(H,8,11)(H,9,10). The average Bonchev–Trinajstić information content (AvgIpc) is 2.52. The maximum atomic E-state index is 10.7. The molecule has 0 aliphatic rings. The minimum absolute atomic E-state index is 0.0220. The lowest BCUT2D eigenvalue weighted by Gasteiger charge is -1.97. The molecule has 0 saturated heterocycles. The van der Waals surface area contributed by atoms with Crippen LogP contribution in [-0.2, 0) is 11.3 Å². The zero-order chi connectivity index (χ0) is 8.10. The van der Waals surface area contributed by atoms with Crippen LogP contribution in [0.5, 0.6) is 0 Å². The predicted molar refractivity (Wildman–Crippen MR) is 44.2 cm³/mol. The first-order valence-electron chi connectivity index (χ1n) is 3.13. The maximum Gasteiger partial charge on any atom is 0.230 e. The first-order valence-corrected chi connectivity index (χ1v) is 4.25. The summed E-state index contributed by atoms with van der Waals surface area (Å²) in [5.74, 6) is -0.0220. The van der Waals surface area contributed by atoms with Gasteiger partial charge in [0.2, 0.25) is 5.91 Å². The van der Waals surface area contributed by atoms with E-state index in [1.807, 2.05) is 0 Å². The molecule has 0 fully saturated rings. The molecule has 2 N–H and O–H groups in total. The molecule has 0 unspecified atom stereocenters. The largest absolute Gasteiger partial charge is 0.351 e. The van der Waals surface area contributed by atoms with Crippen LogP contribution in [0, 0.1) is 0 Å². The van der Waals surface area contributed by atoms with Gasteiger partial charge in [0.25, 0.3) is 0 Å². The van der Waals surface area contributed by atoms with E-state index in [9.17, 15) is 4.79 Å². The van der Waals surface area contributed by atoms with Gasteiger partial charge in [-0.25, -0.2) is 0 Å². The third kappa shape index (κ3) is 2.71. The van der Waals surface area contributed by atoms with E-state index >= 15 is 0 Å². The summed E-state index contributed by atoms with van der Waals surface area (Å²) in [4.78, 5) is 10.7. The van der Waals surface area contributed by atoms with E-state index in [-0.39, 0.29) is 5.91 Å². The molecule has 0 saturated carbocycles. The van der Waals surface area contributed by atoms with Gasteiger partial charge in [-0.2, -0.15) is 5.10 Å². The van der Waals surface area contributed by atoms with Crippen LogP contribution in [0.25, 0.3) is 0 Å². The minimum Gasteiger partial charge on any atom is -0.351 e. The lowest BCUT2D eigenvalue weighted by atomic mass is 10.4. The van der Waals surface area contributed by atoms with Gasteiger partial charge in [0.15, 0.2) is 0 Å². The average molecular weight is 218 g/mol. The van der Waals surface area contributed by atoms with Gasteiger partial charge < -0.3 is 5.32 Å². The molecule has 1 aromatic rings. The van der Waals surface area contributed by atoms with Gasteiger partial charge in [0, 0.05) is 18.3 Å². The zero-order valence-electron chi connectivity index (χ0n) is 5.80. The van der Waals surface area contributed by atoms with E-state index in [1.165, 1.54) is 0 Å². The van der Waals surface area contributed by atoms with Gasteiger partial charge >= 0.3 is 0 Å². The molecule has 1 heterocycles. The number of hydrogen-bond acceptors (Lipinski definition) is 2. The number of hydrogen-bond donors (Lipinski definition) is 2. The summed E-state index contributed by atoms with van der Waals surface area (Å²) >= 11 is 3.04. The summed E-state index contributed by atoms with van der Waals surface area (Å²) in [5, 5.41) is 9.42. The van der Waals surface area contributed by atoms with Gasteiger partial charge in [0.05, 0.1) is 11.5 Å². The van der Waals surface area contributed by atoms with E-state index in [0.29, 0.717) is 11.9 Å². The second kappa shape index (κ2) is 4.12. The molecule has 0 aromatic carbocycles. The van der Waals surface area contributed by atoms with Crippen molar-refractivity contribution < 1.29 is 4.79 Å². The molecule has 60 valence electrons. The topological polar surface area (TPSA) is 57.8 Å². The number of rotatable bonds is 3. The Morgan fingerprint density at radius 1 is 1.82 bits per heavy atom. The van der Waals surface area contributed by atoms with Crippen molar-refractivity contribution in [2.24, 2.45) is 0 Å². The van der Waals surface area contributed by atoms with Crippen molar-refractivity contribution in [3.05, 3.63) is 18.0 Å². The monoisotopic (exact) mass is 217 g/mol. The second-order valence-electron chi connectivity index (χ2n) is 2.02. The van der Waals surface area contributed by atoms with Crippen LogP contribution < -0.4 is 5.32 Å². The minimum atomic E-state index is -0.0220. The van der Waals surface area contributed by atoms with Crippen molar-refractivity contribution in [3.8, 4) is 0 Å². The highest BCUT2D eigenvalue weighted by Crippen LogP contribution is 1.91. The second-order valence-corrected chi connectivity index (χ2v) is 2.58. The molecule has 0 aliphatic carbocycles. The number of aromatic amines is 1. The molecule has 1 aromatic heterocycles. The summed E-state index contributed by atoms with van der Waals surface area (Å²) in [5.41, 5.74) is 0.972. The summed E-state index contributed by atoms with van der Waals surface area (Å²) in [6.07, 6.45) is 3.42. The maximum absolute atomic E-state index is 10.7. The highest BCUT2D eigenvalue weighted by molar-refractivity contribution is 9.09. The number of H-pyrrole nitrogens is 1. The molecule has 1 rings (SSSR count). The number of alkyl halides is 1. The number of nitrogens with one attached hydrogen (secondary N) is 2. The lowest BCUT2D eigenvalue weighted by Crippen LogP contribution is -2.23. The van der Waals surface area contributed by atoms with Crippen LogP contribution >= 0.6 is 15.9 Å². The van der Waals surface area contributed by atoms with Gasteiger partial charge in [-0.05, 0) is 0 Å². The fourth-order valence-electron chi connectivity index (χ4n) is 0.622. The van der Waals surface area contributed by atoms with Crippen molar-refractivity contribution >= 4 is 21.8 Å². The summed E-state index contributed by atoms with van der Waals surface area (Å²) in [7, 11) is 0. The number of amides is 1. The Hall–Kier alpha value is -0.840. The Kier molecular flexibility index (Phi) is 3.10. The van der Waals surface area contributed by atoms with Crippen molar-refractivity contribution in [2.45, 2.75) is 6.54 Å². The number of nitrogens with zero attached hydrogens (tertiary/aromatic N) is 1. The van der Waals surface area contributed by atoms with Crippen molar-refractivity contribution in [3.63, 3.8) is 0 Å². The fourth-order valence-corrected chi connectivity index (χ4v) is 0.820.